The third-order valence-electron chi connectivity index (χ3n) is 6.62. The van der Waals surface area contributed by atoms with Gasteiger partial charge < -0.3 is 15.1 Å². The van der Waals surface area contributed by atoms with Crippen molar-refractivity contribution < 1.29 is 9.59 Å². The van der Waals surface area contributed by atoms with Gasteiger partial charge in [-0.1, -0.05) is 47.0 Å². The second-order valence-corrected chi connectivity index (χ2v) is 10.0. The number of nitrogens with zero attached hydrogens (tertiary/aromatic N) is 4. The lowest BCUT2D eigenvalue weighted by atomic mass is 10.1. The molecule has 1 atom stereocenters. The van der Waals surface area contributed by atoms with Crippen LogP contribution in [0.25, 0.3) is 11.3 Å². The first-order valence-corrected chi connectivity index (χ1v) is 12.9. The number of nitrogens with one attached hydrogen (secondary N) is 1. The van der Waals surface area contributed by atoms with Gasteiger partial charge in [0.15, 0.2) is 5.82 Å². The molecule has 0 bridgehead atoms. The first kappa shape index (κ1) is 23.5. The van der Waals surface area contributed by atoms with Gasteiger partial charge in [-0.2, -0.15) is 0 Å². The summed E-state index contributed by atoms with van der Waals surface area (Å²) in [6, 6.07) is 19.2. The van der Waals surface area contributed by atoms with Crippen molar-refractivity contribution in [3.63, 3.8) is 0 Å². The van der Waals surface area contributed by atoms with Gasteiger partial charge in [0.2, 0.25) is 11.8 Å². The lowest BCUT2D eigenvalue weighted by molar-refractivity contribution is -0.122. The summed E-state index contributed by atoms with van der Waals surface area (Å²) in [6.45, 7) is 2.42. The lowest BCUT2D eigenvalue weighted by Gasteiger charge is -2.20. The minimum atomic E-state index is -0.405. The highest BCUT2D eigenvalue weighted by Crippen LogP contribution is 2.29. The zero-order valence-corrected chi connectivity index (χ0v) is 21.1. The van der Waals surface area contributed by atoms with E-state index in [0.29, 0.717) is 12.2 Å². The average molecular weight is 534 g/mol. The van der Waals surface area contributed by atoms with Crippen LogP contribution in [0.1, 0.15) is 32.1 Å². The Morgan fingerprint density at radius 1 is 0.943 bits per heavy atom. The maximum absolute atomic E-state index is 13.0. The van der Waals surface area contributed by atoms with E-state index in [1.165, 1.54) is 25.7 Å². The minimum Gasteiger partial charge on any atom is -0.355 e. The first-order chi connectivity index (χ1) is 17.1. The number of amides is 2. The number of hydrogen-bond donors (Lipinski definition) is 1. The van der Waals surface area contributed by atoms with Gasteiger partial charge in [0.1, 0.15) is 0 Å². The second kappa shape index (κ2) is 10.6. The molecule has 2 amide bonds. The fourth-order valence-corrected chi connectivity index (χ4v) is 5.11. The van der Waals surface area contributed by atoms with E-state index in [0.717, 1.165) is 40.3 Å². The number of hydrogen-bond acceptors (Lipinski definition) is 5. The Hall–Kier alpha value is -3.26. The third-order valence-corrected chi connectivity index (χ3v) is 7.12. The molecule has 2 aromatic carbocycles. The predicted octanol–water partition coefficient (Wildman–Crippen LogP) is 5.28. The maximum Gasteiger partial charge on any atom is 0.229 e. The van der Waals surface area contributed by atoms with E-state index in [9.17, 15) is 9.59 Å². The Morgan fingerprint density at radius 2 is 1.74 bits per heavy atom. The minimum absolute atomic E-state index is 0.0447. The molecule has 0 radical (unpaired) electrons. The summed E-state index contributed by atoms with van der Waals surface area (Å²) in [5.41, 5.74) is 3.12. The largest absolute Gasteiger partial charge is 0.355 e. The molecule has 2 saturated heterocycles. The highest BCUT2D eigenvalue weighted by Gasteiger charge is 2.35. The molecule has 1 N–H and O–H groups in total. The van der Waals surface area contributed by atoms with E-state index >= 15 is 0 Å². The molecule has 1 unspecified atom stereocenters. The number of benzene rings is 2. The van der Waals surface area contributed by atoms with Crippen LogP contribution >= 0.6 is 15.9 Å². The van der Waals surface area contributed by atoms with Crippen LogP contribution in [-0.2, 0) is 9.59 Å². The van der Waals surface area contributed by atoms with Crippen LogP contribution in [0.5, 0.6) is 0 Å². The molecule has 0 spiro atoms. The van der Waals surface area contributed by atoms with Crippen LogP contribution < -0.4 is 15.1 Å². The molecule has 8 heteroatoms. The van der Waals surface area contributed by atoms with Crippen LogP contribution in [0, 0.1) is 5.92 Å². The van der Waals surface area contributed by atoms with Crippen molar-refractivity contribution in [3.05, 3.63) is 65.1 Å². The number of halogens is 1. The maximum atomic E-state index is 13.0. The Kier molecular flexibility index (Phi) is 7.08. The van der Waals surface area contributed by atoms with Crippen molar-refractivity contribution in [1.82, 2.24) is 10.2 Å². The highest BCUT2D eigenvalue weighted by atomic mass is 79.9. The Labute approximate surface area is 213 Å². The molecule has 3 aromatic rings. The molecule has 2 fully saturated rings. The molecular formula is C27H28BrN5O2. The Balaban J connectivity index is 1.24. The predicted molar refractivity (Wildman–Crippen MR) is 141 cm³/mol. The molecule has 0 aliphatic carbocycles. The topological polar surface area (TPSA) is 78.4 Å². The molecule has 3 heterocycles. The van der Waals surface area contributed by atoms with Gasteiger partial charge in [0.05, 0.1) is 11.6 Å². The van der Waals surface area contributed by atoms with E-state index in [-0.39, 0.29) is 18.2 Å². The van der Waals surface area contributed by atoms with Crippen LogP contribution in [-0.4, -0.2) is 41.6 Å². The SMILES string of the molecule is O=C(Nc1cccc(-c2ccc(N3CCCCCC3)nn2)c1)C1CC(=O)N(c2cccc(Br)c2)C1. The number of aromatic nitrogens is 2. The fourth-order valence-electron chi connectivity index (χ4n) is 4.72. The summed E-state index contributed by atoms with van der Waals surface area (Å²) in [4.78, 5) is 29.5. The normalized spacial score (nSPS) is 18.4. The fraction of sp³-hybridized carbons (Fsp3) is 0.333. The van der Waals surface area contributed by atoms with Gasteiger partial charge in [0.25, 0.3) is 0 Å². The summed E-state index contributed by atoms with van der Waals surface area (Å²) in [6.07, 6.45) is 5.13. The quantitative estimate of drug-likeness (QED) is 0.482. The number of carbonyl (C=O) groups excluding carboxylic acids is 2. The Morgan fingerprint density at radius 3 is 2.49 bits per heavy atom. The van der Waals surface area contributed by atoms with Gasteiger partial charge in [-0.05, 0) is 55.3 Å². The van der Waals surface area contributed by atoms with E-state index in [1.54, 1.807) is 4.90 Å². The molecule has 7 nitrogen and oxygen atoms in total. The number of rotatable bonds is 5. The van der Waals surface area contributed by atoms with Crippen molar-refractivity contribution in [2.75, 3.05) is 34.8 Å². The van der Waals surface area contributed by atoms with Crippen molar-refractivity contribution in [1.29, 1.82) is 0 Å². The number of carbonyl (C=O) groups is 2. The summed E-state index contributed by atoms with van der Waals surface area (Å²) >= 11 is 3.44. The lowest BCUT2D eigenvalue weighted by Crippen LogP contribution is -2.28. The molecular weight excluding hydrogens is 506 g/mol. The van der Waals surface area contributed by atoms with Gasteiger partial charge in [-0.3, -0.25) is 9.59 Å². The summed E-state index contributed by atoms with van der Waals surface area (Å²) < 4.78 is 0.898. The molecule has 180 valence electrons. The molecule has 5 rings (SSSR count). The van der Waals surface area contributed by atoms with Crippen LogP contribution in [0.4, 0.5) is 17.2 Å². The summed E-state index contributed by atoms with van der Waals surface area (Å²) in [5, 5.41) is 11.9. The monoisotopic (exact) mass is 533 g/mol. The molecule has 1 aromatic heterocycles. The van der Waals surface area contributed by atoms with E-state index < -0.39 is 5.92 Å². The standard InChI is InChI=1S/C27H28BrN5O2/c28-21-8-6-10-23(17-21)33-18-20(16-26(33)34)27(35)29-22-9-5-7-19(15-22)24-11-12-25(31-30-24)32-13-3-1-2-4-14-32/h5-12,15,17,20H,1-4,13-14,16,18H2,(H,29,35). The first-order valence-electron chi connectivity index (χ1n) is 12.1. The van der Waals surface area contributed by atoms with Gasteiger partial charge in [-0.25, -0.2) is 0 Å². The Bertz CT molecular complexity index is 1210. The van der Waals surface area contributed by atoms with Crippen LogP contribution in [0.3, 0.4) is 0 Å². The number of anilines is 3. The second-order valence-electron chi connectivity index (χ2n) is 9.13. The van der Waals surface area contributed by atoms with E-state index in [2.05, 4.69) is 36.3 Å². The highest BCUT2D eigenvalue weighted by molar-refractivity contribution is 9.10. The van der Waals surface area contributed by atoms with Crippen LogP contribution in [0.15, 0.2) is 65.1 Å². The zero-order valence-electron chi connectivity index (χ0n) is 19.5. The van der Waals surface area contributed by atoms with Crippen molar-refractivity contribution >= 4 is 44.9 Å². The molecule has 2 aliphatic heterocycles. The smallest absolute Gasteiger partial charge is 0.229 e. The van der Waals surface area contributed by atoms with Gasteiger partial charge in [-0.15, -0.1) is 10.2 Å². The summed E-state index contributed by atoms with van der Waals surface area (Å²) in [5.74, 6) is 0.311. The van der Waals surface area contributed by atoms with Crippen molar-refractivity contribution in [2.45, 2.75) is 32.1 Å². The van der Waals surface area contributed by atoms with Crippen molar-refractivity contribution in [2.24, 2.45) is 5.92 Å². The van der Waals surface area contributed by atoms with Crippen molar-refractivity contribution in [3.8, 4) is 11.3 Å². The van der Waals surface area contributed by atoms with Gasteiger partial charge in [0, 0.05) is 47.5 Å². The molecule has 2 aliphatic rings. The van der Waals surface area contributed by atoms with E-state index in [4.69, 9.17) is 0 Å². The third kappa shape index (κ3) is 5.53. The van der Waals surface area contributed by atoms with E-state index in [1.807, 2.05) is 60.7 Å². The van der Waals surface area contributed by atoms with Crippen LogP contribution in [0.2, 0.25) is 0 Å². The molecule has 0 saturated carbocycles. The van der Waals surface area contributed by atoms with Gasteiger partial charge >= 0.3 is 0 Å². The zero-order chi connectivity index (χ0) is 24.2. The summed E-state index contributed by atoms with van der Waals surface area (Å²) in [7, 11) is 0. The molecule has 35 heavy (non-hydrogen) atoms. The average Bonchev–Trinajstić information content (AvgIpc) is 3.07.